The SMILES string of the molecule is NOCC(O)COc1ccccc1. The molecule has 0 fully saturated rings. The van der Waals surface area contributed by atoms with Crippen molar-refractivity contribution in [2.45, 2.75) is 6.10 Å². The summed E-state index contributed by atoms with van der Waals surface area (Å²) in [6.07, 6.45) is -0.690. The van der Waals surface area contributed by atoms with E-state index in [9.17, 15) is 5.11 Å². The summed E-state index contributed by atoms with van der Waals surface area (Å²) in [7, 11) is 0. The van der Waals surface area contributed by atoms with Crippen molar-refractivity contribution in [3.05, 3.63) is 30.3 Å². The third-order valence-electron chi connectivity index (χ3n) is 1.47. The standard InChI is InChI=1S/C9H13NO3/c10-13-7-8(11)6-12-9-4-2-1-3-5-9/h1-5,8,11H,6-7,10H2. The van der Waals surface area contributed by atoms with Crippen molar-refractivity contribution >= 4 is 0 Å². The molecule has 1 unspecified atom stereocenters. The minimum Gasteiger partial charge on any atom is -0.491 e. The molecule has 4 heteroatoms. The highest BCUT2D eigenvalue weighted by Crippen LogP contribution is 2.08. The highest BCUT2D eigenvalue weighted by Gasteiger charge is 2.03. The molecule has 1 aromatic rings. The molecule has 3 N–H and O–H groups in total. The number of aliphatic hydroxyl groups excluding tert-OH is 1. The molecule has 0 aliphatic carbocycles. The number of hydrogen-bond donors (Lipinski definition) is 2. The minimum atomic E-state index is -0.690. The topological polar surface area (TPSA) is 64.7 Å². The van der Waals surface area contributed by atoms with Crippen molar-refractivity contribution in [3.63, 3.8) is 0 Å². The van der Waals surface area contributed by atoms with Gasteiger partial charge in [0, 0.05) is 0 Å². The third-order valence-corrected chi connectivity index (χ3v) is 1.47. The van der Waals surface area contributed by atoms with Gasteiger partial charge < -0.3 is 14.7 Å². The van der Waals surface area contributed by atoms with Gasteiger partial charge in [0.05, 0.1) is 6.61 Å². The van der Waals surface area contributed by atoms with E-state index in [0.29, 0.717) is 0 Å². The fourth-order valence-electron chi connectivity index (χ4n) is 0.868. The van der Waals surface area contributed by atoms with Crippen molar-refractivity contribution < 1.29 is 14.7 Å². The van der Waals surface area contributed by atoms with Gasteiger partial charge >= 0.3 is 0 Å². The van der Waals surface area contributed by atoms with Crippen LogP contribution in [-0.2, 0) is 4.84 Å². The number of nitrogens with two attached hydrogens (primary N) is 1. The fraction of sp³-hybridized carbons (Fsp3) is 0.333. The van der Waals surface area contributed by atoms with Crippen LogP contribution in [0.1, 0.15) is 0 Å². The van der Waals surface area contributed by atoms with Gasteiger partial charge in [-0.1, -0.05) is 18.2 Å². The molecule has 0 radical (unpaired) electrons. The summed E-state index contributed by atoms with van der Waals surface area (Å²) in [4.78, 5) is 4.26. The lowest BCUT2D eigenvalue weighted by Crippen LogP contribution is -2.24. The third kappa shape index (κ3) is 3.89. The average Bonchev–Trinajstić information content (AvgIpc) is 2.17. The minimum absolute atomic E-state index is 0.0762. The van der Waals surface area contributed by atoms with Crippen LogP contribution in [-0.4, -0.2) is 24.4 Å². The summed E-state index contributed by atoms with van der Waals surface area (Å²) in [5, 5.41) is 9.18. The largest absolute Gasteiger partial charge is 0.491 e. The molecule has 13 heavy (non-hydrogen) atoms. The number of ether oxygens (including phenoxy) is 1. The van der Waals surface area contributed by atoms with Crippen LogP contribution in [0.4, 0.5) is 0 Å². The maximum absolute atomic E-state index is 9.18. The predicted molar refractivity (Wildman–Crippen MR) is 48.1 cm³/mol. The van der Waals surface area contributed by atoms with Gasteiger partial charge in [0.2, 0.25) is 0 Å². The van der Waals surface area contributed by atoms with Crippen LogP contribution in [0.2, 0.25) is 0 Å². The predicted octanol–water partition coefficient (Wildman–Crippen LogP) is 0.317. The highest BCUT2D eigenvalue weighted by molar-refractivity contribution is 5.20. The van der Waals surface area contributed by atoms with E-state index in [1.54, 1.807) is 0 Å². The highest BCUT2D eigenvalue weighted by atomic mass is 16.6. The van der Waals surface area contributed by atoms with Gasteiger partial charge in [-0.05, 0) is 12.1 Å². The number of para-hydroxylation sites is 1. The first-order valence-corrected chi connectivity index (χ1v) is 4.00. The number of benzene rings is 1. The van der Waals surface area contributed by atoms with Crippen LogP contribution in [0.3, 0.4) is 0 Å². The van der Waals surface area contributed by atoms with E-state index in [1.807, 2.05) is 30.3 Å². The Labute approximate surface area is 76.8 Å². The summed E-state index contributed by atoms with van der Waals surface area (Å²) in [5.41, 5.74) is 0. The van der Waals surface area contributed by atoms with Crippen molar-refractivity contribution in [2.24, 2.45) is 5.90 Å². The zero-order valence-corrected chi connectivity index (χ0v) is 7.22. The Bertz CT molecular complexity index is 228. The Balaban J connectivity index is 2.27. The fourth-order valence-corrected chi connectivity index (χ4v) is 0.868. The molecule has 0 spiro atoms. The second-order valence-corrected chi connectivity index (χ2v) is 2.61. The van der Waals surface area contributed by atoms with E-state index in [4.69, 9.17) is 10.6 Å². The molecule has 1 rings (SSSR count). The average molecular weight is 183 g/mol. The van der Waals surface area contributed by atoms with Gasteiger partial charge in [0.1, 0.15) is 18.5 Å². The maximum Gasteiger partial charge on any atom is 0.119 e. The van der Waals surface area contributed by atoms with Gasteiger partial charge in [-0.3, -0.25) is 0 Å². The summed E-state index contributed by atoms with van der Waals surface area (Å²) in [6.45, 7) is 0.258. The lowest BCUT2D eigenvalue weighted by molar-refractivity contribution is 0.0116. The van der Waals surface area contributed by atoms with Gasteiger partial charge in [0.15, 0.2) is 0 Å². The summed E-state index contributed by atoms with van der Waals surface area (Å²) in [6, 6.07) is 9.25. The van der Waals surface area contributed by atoms with E-state index in [-0.39, 0.29) is 13.2 Å². The quantitative estimate of drug-likeness (QED) is 0.645. The molecule has 4 nitrogen and oxygen atoms in total. The van der Waals surface area contributed by atoms with E-state index in [0.717, 1.165) is 5.75 Å². The molecule has 0 heterocycles. The van der Waals surface area contributed by atoms with Crippen LogP contribution in [0.5, 0.6) is 5.75 Å². The Morgan fingerprint density at radius 3 is 2.54 bits per heavy atom. The van der Waals surface area contributed by atoms with E-state index >= 15 is 0 Å². The van der Waals surface area contributed by atoms with Crippen LogP contribution >= 0.6 is 0 Å². The molecule has 0 saturated carbocycles. The van der Waals surface area contributed by atoms with Crippen molar-refractivity contribution in [2.75, 3.05) is 13.2 Å². The monoisotopic (exact) mass is 183 g/mol. The summed E-state index contributed by atoms with van der Waals surface area (Å²) >= 11 is 0. The lowest BCUT2D eigenvalue weighted by Gasteiger charge is -2.10. The van der Waals surface area contributed by atoms with Crippen LogP contribution < -0.4 is 10.6 Å². The Morgan fingerprint density at radius 1 is 1.23 bits per heavy atom. The zero-order valence-electron chi connectivity index (χ0n) is 7.22. The van der Waals surface area contributed by atoms with Crippen LogP contribution in [0.15, 0.2) is 30.3 Å². The smallest absolute Gasteiger partial charge is 0.119 e. The molecule has 0 bridgehead atoms. The second-order valence-electron chi connectivity index (χ2n) is 2.61. The molecular weight excluding hydrogens is 170 g/mol. The second kappa shape index (κ2) is 5.53. The van der Waals surface area contributed by atoms with E-state index in [2.05, 4.69) is 4.84 Å². The van der Waals surface area contributed by atoms with Gasteiger partial charge in [0.25, 0.3) is 0 Å². The number of hydrogen-bond acceptors (Lipinski definition) is 4. The molecule has 72 valence electrons. The molecule has 0 aliphatic rings. The Hall–Kier alpha value is -1.10. The molecule has 0 saturated heterocycles. The van der Waals surface area contributed by atoms with Crippen molar-refractivity contribution in [1.82, 2.24) is 0 Å². The van der Waals surface area contributed by atoms with Crippen molar-refractivity contribution in [3.8, 4) is 5.75 Å². The molecule has 0 aliphatic heterocycles. The number of rotatable bonds is 5. The normalized spacial score (nSPS) is 12.5. The van der Waals surface area contributed by atoms with Gasteiger partial charge in [-0.15, -0.1) is 0 Å². The Kier molecular flexibility index (Phi) is 4.25. The Morgan fingerprint density at radius 2 is 1.92 bits per heavy atom. The molecular formula is C9H13NO3. The van der Waals surface area contributed by atoms with Gasteiger partial charge in [-0.25, -0.2) is 5.90 Å². The molecule has 1 aromatic carbocycles. The molecule has 0 amide bonds. The molecule has 1 atom stereocenters. The summed E-state index contributed by atoms with van der Waals surface area (Å²) in [5.74, 6) is 5.50. The van der Waals surface area contributed by atoms with Gasteiger partial charge in [-0.2, -0.15) is 0 Å². The van der Waals surface area contributed by atoms with Crippen LogP contribution in [0, 0.1) is 0 Å². The lowest BCUT2D eigenvalue weighted by atomic mass is 10.3. The zero-order chi connectivity index (χ0) is 9.52. The van der Waals surface area contributed by atoms with Crippen LogP contribution in [0.25, 0.3) is 0 Å². The van der Waals surface area contributed by atoms with Crippen molar-refractivity contribution in [1.29, 1.82) is 0 Å². The molecule has 0 aromatic heterocycles. The maximum atomic E-state index is 9.18. The summed E-state index contributed by atoms with van der Waals surface area (Å²) < 4.78 is 5.23. The first kappa shape index (κ1) is 9.98. The first-order chi connectivity index (χ1) is 6.33. The van der Waals surface area contributed by atoms with E-state index < -0.39 is 6.10 Å². The van der Waals surface area contributed by atoms with E-state index in [1.165, 1.54) is 0 Å². The first-order valence-electron chi connectivity index (χ1n) is 4.00. The number of aliphatic hydroxyl groups is 1.